The van der Waals surface area contributed by atoms with Crippen LogP contribution in [0.2, 0.25) is 0 Å². The summed E-state index contributed by atoms with van der Waals surface area (Å²) in [6, 6.07) is 5.13. The van der Waals surface area contributed by atoms with E-state index >= 15 is 0 Å². The van der Waals surface area contributed by atoms with Crippen molar-refractivity contribution in [3.63, 3.8) is 0 Å². The lowest BCUT2D eigenvalue weighted by atomic mass is 10.2. The minimum absolute atomic E-state index is 0.146. The number of carbonyl (C=O) groups is 2. The third-order valence-electron chi connectivity index (χ3n) is 3.23. The van der Waals surface area contributed by atoms with Gasteiger partial charge < -0.3 is 15.4 Å². The molecular weight excluding hydrogens is 286 g/mol. The predicted octanol–water partition coefficient (Wildman–Crippen LogP) is 1.03. The summed E-state index contributed by atoms with van der Waals surface area (Å²) in [6.07, 6.45) is 2.74. The lowest BCUT2D eigenvalue weighted by Gasteiger charge is -2.23. The molecule has 0 saturated heterocycles. The third-order valence-corrected chi connectivity index (χ3v) is 3.23. The van der Waals surface area contributed by atoms with E-state index in [0.29, 0.717) is 23.7 Å². The van der Waals surface area contributed by atoms with E-state index in [1.54, 1.807) is 36.1 Å². The number of fused-ring (bicyclic) bond motifs is 1. The smallest absolute Gasteiger partial charge is 0.265 e. The molecule has 2 amide bonds. The van der Waals surface area contributed by atoms with Crippen LogP contribution in [0.3, 0.4) is 0 Å². The molecule has 2 N–H and O–H groups in total. The first kappa shape index (κ1) is 14.1. The van der Waals surface area contributed by atoms with Crippen molar-refractivity contribution in [2.45, 2.75) is 26.0 Å². The zero-order valence-electron chi connectivity index (χ0n) is 11.9. The number of hydrogen-bond donors (Lipinski definition) is 2. The Morgan fingerprint density at radius 1 is 1.50 bits per heavy atom. The molecule has 0 spiro atoms. The summed E-state index contributed by atoms with van der Waals surface area (Å²) < 4.78 is 7.04. The van der Waals surface area contributed by atoms with Crippen LogP contribution >= 0.6 is 0 Å². The van der Waals surface area contributed by atoms with Gasteiger partial charge in [-0.3, -0.25) is 14.3 Å². The van der Waals surface area contributed by atoms with Gasteiger partial charge in [0.2, 0.25) is 5.91 Å². The number of benzene rings is 1. The molecule has 3 rings (SSSR count). The van der Waals surface area contributed by atoms with Crippen molar-refractivity contribution in [3.8, 4) is 5.75 Å². The zero-order chi connectivity index (χ0) is 15.5. The monoisotopic (exact) mass is 301 g/mol. The van der Waals surface area contributed by atoms with Gasteiger partial charge in [-0.1, -0.05) is 0 Å². The summed E-state index contributed by atoms with van der Waals surface area (Å²) in [7, 11) is 0. The fourth-order valence-corrected chi connectivity index (χ4v) is 2.07. The van der Waals surface area contributed by atoms with E-state index in [4.69, 9.17) is 4.74 Å². The van der Waals surface area contributed by atoms with Crippen molar-refractivity contribution in [2.24, 2.45) is 0 Å². The highest BCUT2D eigenvalue weighted by Crippen LogP contribution is 2.32. The largest absolute Gasteiger partial charge is 0.479 e. The van der Waals surface area contributed by atoms with Crippen molar-refractivity contribution in [3.05, 3.63) is 30.9 Å². The minimum Gasteiger partial charge on any atom is -0.479 e. The normalized spacial score (nSPS) is 16.4. The van der Waals surface area contributed by atoms with E-state index in [9.17, 15) is 9.59 Å². The molecular formula is C14H15N5O3. The summed E-state index contributed by atoms with van der Waals surface area (Å²) in [4.78, 5) is 27.3. The van der Waals surface area contributed by atoms with Crippen molar-refractivity contribution >= 4 is 23.2 Å². The van der Waals surface area contributed by atoms with Crippen LogP contribution in [0.4, 0.5) is 11.4 Å². The molecule has 0 aliphatic carbocycles. The molecule has 1 unspecified atom stereocenters. The van der Waals surface area contributed by atoms with Crippen molar-refractivity contribution in [2.75, 3.05) is 10.6 Å². The SMILES string of the molecule is CC1Oc2ccc(NC(=O)CCn3cncn3)cc2NC1=O. The molecule has 114 valence electrons. The summed E-state index contributed by atoms with van der Waals surface area (Å²) >= 11 is 0. The standard InChI is InChI=1S/C14H15N5O3/c1-9-14(21)18-11-6-10(2-3-12(11)22-9)17-13(20)4-5-19-8-15-7-16-19/h2-3,6-9H,4-5H2,1H3,(H,17,20)(H,18,21). The number of hydrogen-bond acceptors (Lipinski definition) is 5. The van der Waals surface area contributed by atoms with E-state index < -0.39 is 6.10 Å². The molecule has 8 heteroatoms. The van der Waals surface area contributed by atoms with Crippen LogP contribution in [-0.2, 0) is 16.1 Å². The maximum Gasteiger partial charge on any atom is 0.265 e. The fourth-order valence-electron chi connectivity index (χ4n) is 2.07. The van der Waals surface area contributed by atoms with Crippen LogP contribution in [0.5, 0.6) is 5.75 Å². The second kappa shape index (κ2) is 5.84. The molecule has 22 heavy (non-hydrogen) atoms. The highest BCUT2D eigenvalue weighted by Gasteiger charge is 2.23. The van der Waals surface area contributed by atoms with Crippen LogP contribution in [0.1, 0.15) is 13.3 Å². The number of anilines is 2. The summed E-state index contributed by atoms with van der Waals surface area (Å²) in [6.45, 7) is 2.13. The number of rotatable bonds is 4. The molecule has 0 radical (unpaired) electrons. The number of nitrogens with one attached hydrogen (secondary N) is 2. The van der Waals surface area contributed by atoms with Gasteiger partial charge in [-0.15, -0.1) is 0 Å². The van der Waals surface area contributed by atoms with Gasteiger partial charge in [0.05, 0.1) is 12.2 Å². The third kappa shape index (κ3) is 3.05. The van der Waals surface area contributed by atoms with E-state index in [1.165, 1.54) is 6.33 Å². The highest BCUT2D eigenvalue weighted by molar-refractivity contribution is 5.99. The van der Waals surface area contributed by atoms with Crippen LogP contribution < -0.4 is 15.4 Å². The van der Waals surface area contributed by atoms with Crippen LogP contribution in [0.15, 0.2) is 30.9 Å². The molecule has 1 aromatic carbocycles. The number of ether oxygens (including phenoxy) is 1. The van der Waals surface area contributed by atoms with Crippen LogP contribution in [-0.4, -0.2) is 32.7 Å². The summed E-state index contributed by atoms with van der Waals surface area (Å²) in [5.74, 6) is 0.238. The Hall–Kier alpha value is -2.90. The number of aromatic nitrogens is 3. The molecule has 1 atom stereocenters. The van der Waals surface area contributed by atoms with E-state index in [0.717, 1.165) is 0 Å². The van der Waals surface area contributed by atoms with Gasteiger partial charge in [-0.2, -0.15) is 5.10 Å². The molecule has 2 heterocycles. The molecule has 0 saturated carbocycles. The predicted molar refractivity (Wildman–Crippen MR) is 78.4 cm³/mol. The van der Waals surface area contributed by atoms with E-state index in [1.807, 2.05) is 0 Å². The number of aryl methyl sites for hydroxylation is 1. The van der Waals surface area contributed by atoms with Gasteiger partial charge in [0.1, 0.15) is 18.4 Å². The van der Waals surface area contributed by atoms with E-state index in [-0.39, 0.29) is 18.2 Å². The Kier molecular flexibility index (Phi) is 3.73. The van der Waals surface area contributed by atoms with E-state index in [2.05, 4.69) is 20.7 Å². The number of carbonyl (C=O) groups excluding carboxylic acids is 2. The average Bonchev–Trinajstić information content (AvgIpc) is 3.00. The summed E-state index contributed by atoms with van der Waals surface area (Å²) in [5.41, 5.74) is 1.15. The second-order valence-electron chi connectivity index (χ2n) is 4.92. The Morgan fingerprint density at radius 3 is 3.14 bits per heavy atom. The van der Waals surface area contributed by atoms with Crippen molar-refractivity contribution in [1.29, 1.82) is 0 Å². The maximum absolute atomic E-state index is 11.9. The first-order valence-electron chi connectivity index (χ1n) is 6.85. The van der Waals surface area contributed by atoms with Gasteiger partial charge in [0.15, 0.2) is 6.10 Å². The molecule has 1 aliphatic rings. The molecule has 0 bridgehead atoms. The molecule has 1 aromatic heterocycles. The first-order valence-corrected chi connectivity index (χ1v) is 6.85. The molecule has 8 nitrogen and oxygen atoms in total. The molecule has 2 aromatic rings. The quantitative estimate of drug-likeness (QED) is 0.878. The van der Waals surface area contributed by atoms with Crippen LogP contribution in [0, 0.1) is 0 Å². The average molecular weight is 301 g/mol. The van der Waals surface area contributed by atoms with Gasteiger partial charge >= 0.3 is 0 Å². The lowest BCUT2D eigenvalue weighted by molar-refractivity contribution is -0.122. The minimum atomic E-state index is -0.518. The lowest BCUT2D eigenvalue weighted by Crippen LogP contribution is -2.34. The first-order chi connectivity index (χ1) is 10.6. The van der Waals surface area contributed by atoms with Gasteiger partial charge in [-0.25, -0.2) is 4.98 Å². The van der Waals surface area contributed by atoms with Crippen molar-refractivity contribution in [1.82, 2.24) is 14.8 Å². The van der Waals surface area contributed by atoms with Crippen molar-refractivity contribution < 1.29 is 14.3 Å². The second-order valence-corrected chi connectivity index (χ2v) is 4.92. The van der Waals surface area contributed by atoms with Gasteiger partial charge in [0.25, 0.3) is 5.91 Å². The molecule has 0 fully saturated rings. The number of nitrogens with zero attached hydrogens (tertiary/aromatic N) is 3. The zero-order valence-corrected chi connectivity index (χ0v) is 11.9. The van der Waals surface area contributed by atoms with Crippen LogP contribution in [0.25, 0.3) is 0 Å². The highest BCUT2D eigenvalue weighted by atomic mass is 16.5. The van der Waals surface area contributed by atoms with Gasteiger partial charge in [-0.05, 0) is 25.1 Å². The Labute approximate surface area is 126 Å². The Bertz CT molecular complexity index is 699. The van der Waals surface area contributed by atoms with Gasteiger partial charge in [0, 0.05) is 12.1 Å². The number of amides is 2. The topological polar surface area (TPSA) is 98.1 Å². The molecule has 1 aliphatic heterocycles. The Balaban J connectivity index is 1.62. The Morgan fingerprint density at radius 2 is 2.36 bits per heavy atom. The summed E-state index contributed by atoms with van der Waals surface area (Å²) in [5, 5.41) is 9.44. The fraction of sp³-hybridized carbons (Fsp3) is 0.286. The maximum atomic E-state index is 11.9.